The quantitative estimate of drug-likeness (QED) is 0.467. The first-order valence-corrected chi connectivity index (χ1v) is 9.09. The summed E-state index contributed by atoms with van der Waals surface area (Å²) in [5, 5.41) is 0.850. The van der Waals surface area contributed by atoms with Crippen LogP contribution in [0.3, 0.4) is 0 Å². The second kappa shape index (κ2) is 6.53. The summed E-state index contributed by atoms with van der Waals surface area (Å²) in [6, 6.07) is 20.1. The number of methoxy groups -OCH3 is 1. The third kappa shape index (κ3) is 2.82. The lowest BCUT2D eigenvalue weighted by atomic mass is 10.1. The van der Waals surface area contributed by atoms with Crippen LogP contribution in [0.1, 0.15) is 0 Å². The fraction of sp³-hybridized carbons (Fsp3) is 0.0435. The van der Waals surface area contributed by atoms with Gasteiger partial charge in [0.25, 0.3) is 5.56 Å². The molecule has 2 aromatic carbocycles. The van der Waals surface area contributed by atoms with Gasteiger partial charge < -0.3 is 14.9 Å². The number of hydrogen-bond donors (Lipinski definition) is 1. The van der Waals surface area contributed by atoms with Crippen molar-refractivity contribution in [3.05, 3.63) is 83.3 Å². The average molecular weight is 383 g/mol. The van der Waals surface area contributed by atoms with Gasteiger partial charge in [-0.15, -0.1) is 0 Å². The maximum Gasteiger partial charge on any atom is 0.255 e. The highest BCUT2D eigenvalue weighted by atomic mass is 16.5. The molecule has 5 rings (SSSR count). The fourth-order valence-electron chi connectivity index (χ4n) is 3.51. The summed E-state index contributed by atoms with van der Waals surface area (Å²) < 4.78 is 12.8. The van der Waals surface area contributed by atoms with Gasteiger partial charge in [0, 0.05) is 40.7 Å². The van der Waals surface area contributed by atoms with Crippen LogP contribution in [-0.2, 0) is 0 Å². The Morgan fingerprint density at radius 2 is 1.69 bits per heavy atom. The van der Waals surface area contributed by atoms with E-state index in [0.29, 0.717) is 22.7 Å². The smallest absolute Gasteiger partial charge is 0.255 e. The lowest BCUT2D eigenvalue weighted by molar-refractivity contribution is 0.398. The summed E-state index contributed by atoms with van der Waals surface area (Å²) >= 11 is 0. The highest BCUT2D eigenvalue weighted by Crippen LogP contribution is 2.33. The zero-order valence-electron chi connectivity index (χ0n) is 15.6. The number of pyridine rings is 2. The van der Waals surface area contributed by atoms with Crippen molar-refractivity contribution in [2.75, 3.05) is 12.8 Å². The first-order chi connectivity index (χ1) is 14.1. The SMILES string of the molecule is COc1ccc(-c2ccc3oc4ccc(=O)n(-c5ccc(N)cc5)c4c3c2)cn1. The molecule has 0 aliphatic carbocycles. The first-order valence-electron chi connectivity index (χ1n) is 9.09. The van der Waals surface area contributed by atoms with Crippen molar-refractivity contribution in [1.82, 2.24) is 9.55 Å². The molecule has 0 amide bonds. The van der Waals surface area contributed by atoms with E-state index in [9.17, 15) is 4.79 Å². The number of furan rings is 1. The predicted octanol–water partition coefficient (Wildman–Crippen LogP) is 4.39. The van der Waals surface area contributed by atoms with Crippen LogP contribution in [-0.4, -0.2) is 16.7 Å². The highest BCUT2D eigenvalue weighted by molar-refractivity contribution is 6.05. The van der Waals surface area contributed by atoms with Crippen molar-refractivity contribution >= 4 is 27.8 Å². The van der Waals surface area contributed by atoms with Gasteiger partial charge in [-0.1, -0.05) is 6.07 Å². The van der Waals surface area contributed by atoms with Gasteiger partial charge in [-0.25, -0.2) is 4.98 Å². The molecule has 29 heavy (non-hydrogen) atoms. The predicted molar refractivity (Wildman–Crippen MR) is 114 cm³/mol. The van der Waals surface area contributed by atoms with Crippen LogP contribution in [0.2, 0.25) is 0 Å². The standard InChI is InChI=1S/C23H17N3O3/c1-28-21-10-3-15(13-25-21)14-2-8-19-18(12-14)23-20(29-19)9-11-22(27)26(23)17-6-4-16(24)5-7-17/h2-13H,24H2,1H3. The van der Waals surface area contributed by atoms with E-state index in [4.69, 9.17) is 14.9 Å². The van der Waals surface area contributed by atoms with E-state index in [2.05, 4.69) is 4.98 Å². The van der Waals surface area contributed by atoms with Gasteiger partial charge >= 0.3 is 0 Å². The molecule has 142 valence electrons. The molecular weight excluding hydrogens is 366 g/mol. The molecule has 0 aliphatic rings. The van der Waals surface area contributed by atoms with Gasteiger partial charge in [0.2, 0.25) is 5.88 Å². The van der Waals surface area contributed by atoms with Crippen molar-refractivity contribution in [2.24, 2.45) is 0 Å². The third-order valence-corrected chi connectivity index (χ3v) is 4.94. The number of anilines is 1. The molecule has 0 bridgehead atoms. The molecule has 0 saturated heterocycles. The fourth-order valence-corrected chi connectivity index (χ4v) is 3.51. The number of nitrogen functional groups attached to an aromatic ring is 1. The van der Waals surface area contributed by atoms with Gasteiger partial charge in [-0.05, 0) is 54.1 Å². The minimum absolute atomic E-state index is 0.138. The molecule has 2 N–H and O–H groups in total. The Labute approximate surface area is 165 Å². The van der Waals surface area contributed by atoms with E-state index in [1.165, 1.54) is 6.07 Å². The van der Waals surface area contributed by atoms with Crippen LogP contribution >= 0.6 is 0 Å². The normalized spacial score (nSPS) is 11.2. The van der Waals surface area contributed by atoms with E-state index in [1.54, 1.807) is 36.1 Å². The largest absolute Gasteiger partial charge is 0.481 e. The van der Waals surface area contributed by atoms with E-state index < -0.39 is 0 Å². The molecule has 6 nitrogen and oxygen atoms in total. The van der Waals surface area contributed by atoms with E-state index >= 15 is 0 Å². The summed E-state index contributed by atoms with van der Waals surface area (Å²) in [4.78, 5) is 17.0. The Balaban J connectivity index is 1.78. The molecule has 3 aromatic heterocycles. The lowest BCUT2D eigenvalue weighted by Crippen LogP contribution is -2.16. The first kappa shape index (κ1) is 17.1. The molecule has 0 aliphatic heterocycles. The zero-order valence-corrected chi connectivity index (χ0v) is 15.6. The molecule has 3 heterocycles. The minimum atomic E-state index is -0.138. The number of rotatable bonds is 3. The summed E-state index contributed by atoms with van der Waals surface area (Å²) in [5.74, 6) is 0.556. The maximum absolute atomic E-state index is 12.8. The van der Waals surface area contributed by atoms with Gasteiger partial charge in [0.15, 0.2) is 5.58 Å². The molecular formula is C23H17N3O3. The molecule has 0 fully saturated rings. The molecule has 0 saturated carbocycles. The number of nitrogens with two attached hydrogens (primary N) is 1. The Hall–Kier alpha value is -4.06. The lowest BCUT2D eigenvalue weighted by Gasteiger charge is -2.08. The summed E-state index contributed by atoms with van der Waals surface area (Å²) in [5.41, 5.74) is 11.0. The maximum atomic E-state index is 12.8. The number of aromatic nitrogens is 2. The zero-order chi connectivity index (χ0) is 20.0. The number of fused-ring (bicyclic) bond motifs is 3. The molecule has 0 atom stereocenters. The van der Waals surface area contributed by atoms with E-state index in [0.717, 1.165) is 27.7 Å². The van der Waals surface area contributed by atoms with Crippen molar-refractivity contribution < 1.29 is 9.15 Å². The second-order valence-electron chi connectivity index (χ2n) is 6.71. The molecule has 5 aromatic rings. The summed E-state index contributed by atoms with van der Waals surface area (Å²) in [7, 11) is 1.59. The number of ether oxygens (including phenoxy) is 1. The van der Waals surface area contributed by atoms with Crippen molar-refractivity contribution in [1.29, 1.82) is 0 Å². The number of benzene rings is 2. The molecule has 0 unspecified atom stereocenters. The van der Waals surface area contributed by atoms with Crippen LogP contribution in [0.4, 0.5) is 5.69 Å². The van der Waals surface area contributed by atoms with Crippen molar-refractivity contribution in [2.45, 2.75) is 0 Å². The van der Waals surface area contributed by atoms with E-state index in [1.807, 2.05) is 42.5 Å². The topological polar surface area (TPSA) is 83.3 Å². The van der Waals surface area contributed by atoms with Gasteiger partial charge in [0.1, 0.15) is 11.1 Å². The van der Waals surface area contributed by atoms with Crippen LogP contribution in [0.25, 0.3) is 38.9 Å². The van der Waals surface area contributed by atoms with Gasteiger partial charge in [-0.2, -0.15) is 0 Å². The Kier molecular flexibility index (Phi) is 3.84. The summed E-state index contributed by atoms with van der Waals surface area (Å²) in [6.07, 6.45) is 1.76. The van der Waals surface area contributed by atoms with Crippen molar-refractivity contribution in [3.63, 3.8) is 0 Å². The highest BCUT2D eigenvalue weighted by Gasteiger charge is 2.15. The van der Waals surface area contributed by atoms with Crippen molar-refractivity contribution in [3.8, 4) is 22.7 Å². The average Bonchev–Trinajstić information content (AvgIpc) is 3.12. The summed E-state index contributed by atoms with van der Waals surface area (Å²) in [6.45, 7) is 0. The van der Waals surface area contributed by atoms with Crippen LogP contribution in [0, 0.1) is 0 Å². The molecule has 6 heteroatoms. The van der Waals surface area contributed by atoms with Crippen LogP contribution < -0.4 is 16.0 Å². The van der Waals surface area contributed by atoms with Crippen LogP contribution in [0.15, 0.2) is 82.1 Å². The molecule has 0 spiro atoms. The Morgan fingerprint density at radius 3 is 2.41 bits per heavy atom. The number of nitrogens with zero attached hydrogens (tertiary/aromatic N) is 2. The number of hydrogen-bond acceptors (Lipinski definition) is 5. The van der Waals surface area contributed by atoms with Crippen LogP contribution in [0.5, 0.6) is 5.88 Å². The van der Waals surface area contributed by atoms with Gasteiger partial charge in [-0.3, -0.25) is 9.36 Å². The Bertz CT molecular complexity index is 1400. The Morgan fingerprint density at radius 1 is 0.931 bits per heavy atom. The second-order valence-corrected chi connectivity index (χ2v) is 6.71. The monoisotopic (exact) mass is 383 g/mol. The third-order valence-electron chi connectivity index (χ3n) is 4.94. The van der Waals surface area contributed by atoms with E-state index in [-0.39, 0.29) is 5.56 Å². The van der Waals surface area contributed by atoms with Gasteiger partial charge in [0.05, 0.1) is 7.11 Å². The molecule has 0 radical (unpaired) electrons. The minimum Gasteiger partial charge on any atom is -0.481 e.